The monoisotopic (exact) mass is 500 g/mol. The van der Waals surface area contributed by atoms with Crippen LogP contribution in [-0.4, -0.2) is 60.9 Å². The molecule has 2 N–H and O–H groups in total. The van der Waals surface area contributed by atoms with Crippen molar-refractivity contribution in [1.82, 2.24) is 24.1 Å². The molecule has 0 spiro atoms. The van der Waals surface area contributed by atoms with Gasteiger partial charge in [-0.1, -0.05) is 0 Å². The van der Waals surface area contributed by atoms with Crippen LogP contribution in [0.2, 0.25) is 0 Å². The molecule has 0 aliphatic rings. The first kappa shape index (κ1) is 26.3. The van der Waals surface area contributed by atoms with Gasteiger partial charge >= 0.3 is 11.9 Å². The Morgan fingerprint density at radius 2 is 1.50 bits per heavy atom. The SMILES string of the molecule is CCOC(=O)C(=O)c1c(NC(=O)c2c(C(=O)OCC)c(=O)[nH]c3nc(C)n(CC)c23)nc(C)n1CC. The summed E-state index contributed by atoms with van der Waals surface area (Å²) < 4.78 is 13.0. The van der Waals surface area contributed by atoms with Crippen molar-refractivity contribution in [3.8, 4) is 0 Å². The number of aromatic amines is 1. The number of hydrogen-bond donors (Lipinski definition) is 2. The maximum Gasteiger partial charge on any atom is 0.381 e. The number of rotatable bonds is 9. The van der Waals surface area contributed by atoms with E-state index < -0.39 is 34.8 Å². The number of nitrogens with one attached hydrogen (secondary N) is 2. The molecule has 1 amide bonds. The summed E-state index contributed by atoms with van der Waals surface area (Å²) in [6.07, 6.45) is 0. The Balaban J connectivity index is 2.25. The maximum atomic E-state index is 13.7. The molecule has 3 heterocycles. The number of hydrogen-bond acceptors (Lipinski definition) is 9. The molecule has 0 radical (unpaired) electrons. The first-order chi connectivity index (χ1) is 17.1. The second-order valence-electron chi connectivity index (χ2n) is 7.63. The van der Waals surface area contributed by atoms with Crippen molar-refractivity contribution < 1.29 is 28.7 Å². The summed E-state index contributed by atoms with van der Waals surface area (Å²) in [6, 6.07) is 0. The molecule has 3 aromatic rings. The van der Waals surface area contributed by atoms with Crippen LogP contribution in [-0.2, 0) is 27.4 Å². The highest BCUT2D eigenvalue weighted by Crippen LogP contribution is 2.24. The van der Waals surface area contributed by atoms with Crippen molar-refractivity contribution in [3.63, 3.8) is 0 Å². The molecular weight excluding hydrogens is 472 g/mol. The lowest BCUT2D eigenvalue weighted by Gasteiger charge is -2.13. The minimum atomic E-state index is -1.10. The highest BCUT2D eigenvalue weighted by atomic mass is 16.5. The van der Waals surface area contributed by atoms with Gasteiger partial charge < -0.3 is 28.9 Å². The molecule has 0 aromatic carbocycles. The van der Waals surface area contributed by atoms with E-state index >= 15 is 0 Å². The zero-order chi connectivity index (χ0) is 26.7. The molecule has 13 nitrogen and oxygen atoms in total. The Morgan fingerprint density at radius 1 is 0.889 bits per heavy atom. The lowest BCUT2D eigenvalue weighted by molar-refractivity contribution is -0.137. The predicted octanol–water partition coefficient (Wildman–Crippen LogP) is 1.75. The van der Waals surface area contributed by atoms with Crippen LogP contribution in [0.5, 0.6) is 0 Å². The molecule has 3 aromatic heterocycles. The number of pyridine rings is 1. The van der Waals surface area contributed by atoms with Gasteiger partial charge in [0.2, 0.25) is 0 Å². The number of H-pyrrole nitrogens is 1. The summed E-state index contributed by atoms with van der Waals surface area (Å²) in [7, 11) is 0. The van der Waals surface area contributed by atoms with Gasteiger partial charge in [-0.25, -0.2) is 19.6 Å². The molecule has 0 saturated heterocycles. The van der Waals surface area contributed by atoms with Crippen molar-refractivity contribution >= 4 is 40.6 Å². The molecule has 0 unspecified atom stereocenters. The average Bonchev–Trinajstić information content (AvgIpc) is 3.31. The summed E-state index contributed by atoms with van der Waals surface area (Å²) >= 11 is 0. The fourth-order valence-corrected chi connectivity index (χ4v) is 4.05. The minimum Gasteiger partial charge on any atom is -0.462 e. The largest absolute Gasteiger partial charge is 0.462 e. The van der Waals surface area contributed by atoms with Crippen LogP contribution in [0.4, 0.5) is 5.82 Å². The van der Waals surface area contributed by atoms with E-state index in [4.69, 9.17) is 9.47 Å². The van der Waals surface area contributed by atoms with Crippen molar-refractivity contribution in [2.24, 2.45) is 0 Å². The van der Waals surface area contributed by atoms with E-state index in [9.17, 15) is 24.0 Å². The molecule has 13 heteroatoms. The van der Waals surface area contributed by atoms with Crippen molar-refractivity contribution in [2.45, 2.75) is 54.6 Å². The predicted molar refractivity (Wildman–Crippen MR) is 128 cm³/mol. The van der Waals surface area contributed by atoms with E-state index in [1.54, 1.807) is 39.2 Å². The van der Waals surface area contributed by atoms with E-state index in [0.29, 0.717) is 18.2 Å². The van der Waals surface area contributed by atoms with Crippen molar-refractivity contribution in [2.75, 3.05) is 18.5 Å². The number of anilines is 1. The van der Waals surface area contributed by atoms with Gasteiger partial charge in [-0.05, 0) is 41.5 Å². The van der Waals surface area contributed by atoms with Gasteiger partial charge in [0, 0.05) is 13.1 Å². The smallest absolute Gasteiger partial charge is 0.381 e. The second-order valence-corrected chi connectivity index (χ2v) is 7.63. The zero-order valence-corrected chi connectivity index (χ0v) is 21.0. The highest BCUT2D eigenvalue weighted by molar-refractivity contribution is 6.41. The Hall–Kier alpha value is -4.29. The normalized spacial score (nSPS) is 10.9. The standard InChI is InChI=1S/C23H28N6O7/c1-7-28-11(5)24-18-15(28)13(14(21(32)26-18)22(33)35-9-3)20(31)27-19-16(17(30)23(34)36-10-4)29(8-2)12(6)25-19/h7-10H2,1-6H3,(H,26,32)(H,27,31). The van der Waals surface area contributed by atoms with E-state index in [1.165, 1.54) is 4.57 Å². The van der Waals surface area contributed by atoms with E-state index in [0.717, 1.165) is 0 Å². The lowest BCUT2D eigenvalue weighted by atomic mass is 10.1. The summed E-state index contributed by atoms with van der Waals surface area (Å²) in [5, 5.41) is 2.52. The number of carbonyl (C=O) groups excluding carboxylic acids is 4. The lowest BCUT2D eigenvalue weighted by Crippen LogP contribution is -2.29. The second kappa shape index (κ2) is 10.5. The Morgan fingerprint density at radius 3 is 2.08 bits per heavy atom. The van der Waals surface area contributed by atoms with Crippen molar-refractivity contribution in [1.29, 1.82) is 0 Å². The maximum absolute atomic E-state index is 13.7. The van der Waals surface area contributed by atoms with E-state index in [2.05, 4.69) is 20.3 Å². The Kier molecular flexibility index (Phi) is 7.71. The van der Waals surface area contributed by atoms with Gasteiger partial charge in [-0.15, -0.1) is 0 Å². The van der Waals surface area contributed by atoms with Gasteiger partial charge in [-0.3, -0.25) is 14.4 Å². The number of fused-ring (bicyclic) bond motifs is 1. The van der Waals surface area contributed by atoms with Gasteiger partial charge in [0.05, 0.1) is 24.3 Å². The first-order valence-electron chi connectivity index (χ1n) is 11.5. The minimum absolute atomic E-state index is 0.0143. The number of aromatic nitrogens is 5. The number of imidazole rings is 2. The number of esters is 2. The molecule has 0 aliphatic heterocycles. The molecule has 192 valence electrons. The zero-order valence-electron chi connectivity index (χ0n) is 21.0. The first-order valence-corrected chi connectivity index (χ1v) is 11.5. The van der Waals surface area contributed by atoms with Crippen LogP contribution in [0, 0.1) is 13.8 Å². The molecule has 0 fully saturated rings. The number of carbonyl (C=O) groups is 4. The summed E-state index contributed by atoms with van der Waals surface area (Å²) in [6.45, 7) is 10.6. The van der Waals surface area contributed by atoms with Gasteiger partial charge in [0.15, 0.2) is 11.5 Å². The molecule has 0 atom stereocenters. The number of ketones is 1. The Labute approximate surface area is 205 Å². The molecule has 0 aliphatic carbocycles. The third kappa shape index (κ3) is 4.51. The number of nitrogens with zero attached hydrogens (tertiary/aromatic N) is 4. The van der Waals surface area contributed by atoms with Gasteiger partial charge in [0.25, 0.3) is 17.2 Å². The van der Waals surface area contributed by atoms with Crippen LogP contribution in [0.3, 0.4) is 0 Å². The summed E-state index contributed by atoms with van der Waals surface area (Å²) in [5.74, 6) is -3.34. The molecule has 0 bridgehead atoms. The van der Waals surface area contributed by atoms with E-state index in [1.807, 2.05) is 6.92 Å². The number of amides is 1. The van der Waals surface area contributed by atoms with Gasteiger partial charge in [0.1, 0.15) is 22.9 Å². The number of ether oxygens (including phenoxy) is 2. The van der Waals surface area contributed by atoms with Crippen LogP contribution in [0.25, 0.3) is 11.2 Å². The fourth-order valence-electron chi connectivity index (χ4n) is 4.05. The van der Waals surface area contributed by atoms with Crippen molar-refractivity contribution in [3.05, 3.63) is 38.8 Å². The topological polar surface area (TPSA) is 167 Å². The fraction of sp³-hybridized carbons (Fsp3) is 0.435. The summed E-state index contributed by atoms with van der Waals surface area (Å²) in [5.41, 5.74) is -1.52. The molecule has 36 heavy (non-hydrogen) atoms. The average molecular weight is 501 g/mol. The number of Topliss-reactive ketones (excluding diaryl/α,β-unsaturated/α-hetero) is 1. The van der Waals surface area contributed by atoms with Crippen LogP contribution in [0.1, 0.15) is 70.5 Å². The van der Waals surface area contributed by atoms with E-state index in [-0.39, 0.29) is 48.0 Å². The third-order valence-electron chi connectivity index (χ3n) is 5.51. The summed E-state index contributed by atoms with van der Waals surface area (Å²) in [4.78, 5) is 75.4. The van der Waals surface area contributed by atoms with Crippen LogP contribution < -0.4 is 10.9 Å². The Bertz CT molecular complexity index is 1430. The van der Waals surface area contributed by atoms with Gasteiger partial charge in [-0.2, -0.15) is 0 Å². The van der Waals surface area contributed by atoms with Crippen LogP contribution >= 0.6 is 0 Å². The highest BCUT2D eigenvalue weighted by Gasteiger charge is 2.32. The molecular formula is C23H28N6O7. The molecule has 0 saturated carbocycles. The van der Waals surface area contributed by atoms with Crippen LogP contribution in [0.15, 0.2) is 4.79 Å². The quantitative estimate of drug-likeness (QED) is 0.253. The number of aryl methyl sites for hydroxylation is 3. The third-order valence-corrected chi connectivity index (χ3v) is 5.51. The molecule has 3 rings (SSSR count).